The highest BCUT2D eigenvalue weighted by atomic mass is 35.5. The normalized spacial score (nSPS) is 17.2. The van der Waals surface area contributed by atoms with E-state index in [0.717, 1.165) is 6.07 Å². The molecule has 2 amide bonds. The van der Waals surface area contributed by atoms with Gasteiger partial charge in [-0.25, -0.2) is 9.18 Å². The first-order valence-corrected chi connectivity index (χ1v) is 10.2. The zero-order valence-electron chi connectivity index (χ0n) is 17.1. The molecule has 3 N–H and O–H groups in total. The molecule has 1 aliphatic heterocycles. The molecule has 2 heterocycles. The minimum absolute atomic E-state index is 0.00789. The number of aliphatic hydroxyl groups is 2. The summed E-state index contributed by atoms with van der Waals surface area (Å²) >= 11 is 6.15. The number of pyridine rings is 1. The van der Waals surface area contributed by atoms with Crippen molar-refractivity contribution < 1.29 is 32.6 Å². The van der Waals surface area contributed by atoms with E-state index in [4.69, 9.17) is 16.7 Å². The summed E-state index contributed by atoms with van der Waals surface area (Å²) < 4.78 is 54.2. The van der Waals surface area contributed by atoms with Crippen molar-refractivity contribution in [1.29, 1.82) is 0 Å². The lowest BCUT2D eigenvalue weighted by Gasteiger charge is -2.36. The lowest BCUT2D eigenvalue weighted by molar-refractivity contribution is -0.138. The monoisotopic (exact) mass is 475 g/mol. The van der Waals surface area contributed by atoms with Crippen LogP contribution < -0.4 is 5.32 Å². The molecule has 1 atom stereocenters. The zero-order valence-corrected chi connectivity index (χ0v) is 17.8. The van der Waals surface area contributed by atoms with Gasteiger partial charge in [0.1, 0.15) is 6.10 Å². The van der Waals surface area contributed by atoms with Crippen LogP contribution in [0.3, 0.4) is 0 Å². The highest BCUT2D eigenvalue weighted by molar-refractivity contribution is 6.31. The molecule has 174 valence electrons. The number of halogens is 5. The highest BCUT2D eigenvalue weighted by Crippen LogP contribution is 2.40. The third-order valence-electron chi connectivity index (χ3n) is 5.47. The van der Waals surface area contributed by atoms with Crippen molar-refractivity contribution in [2.24, 2.45) is 0 Å². The fraction of sp³-hybridized carbons (Fsp3) is 0.429. The maximum absolute atomic E-state index is 15.5. The van der Waals surface area contributed by atoms with Gasteiger partial charge >= 0.3 is 12.2 Å². The van der Waals surface area contributed by atoms with E-state index in [1.54, 1.807) is 0 Å². The third-order valence-corrected chi connectivity index (χ3v) is 5.76. The standard InChI is InChI=1S/C21H22ClF4N3O3/c1-12-8-14(2-3-15(12)21(24,25)26)28-19(32)29-6-4-20(23,5-7-29)18-16(22)9-13(10-27-18)17(31)11-30/h2-3,8-10,17,30-31H,4-7,11H2,1H3,(H,28,32)/t17-/m1/s1. The van der Waals surface area contributed by atoms with Crippen LogP contribution in [0, 0.1) is 6.92 Å². The number of aliphatic hydroxyl groups excluding tert-OH is 2. The number of aryl methyl sites for hydroxylation is 1. The van der Waals surface area contributed by atoms with Gasteiger partial charge in [0.2, 0.25) is 0 Å². The summed E-state index contributed by atoms with van der Waals surface area (Å²) in [6.07, 6.45) is -4.57. The molecule has 0 saturated carbocycles. The molecule has 1 aromatic heterocycles. The van der Waals surface area contributed by atoms with Crippen molar-refractivity contribution >= 4 is 23.3 Å². The Kier molecular flexibility index (Phi) is 6.97. The summed E-state index contributed by atoms with van der Waals surface area (Å²) in [6, 6.07) is 4.10. The molecule has 0 unspecified atom stereocenters. The Bertz CT molecular complexity index is 995. The number of carbonyl (C=O) groups excluding carboxylic acids is 1. The predicted molar refractivity (Wildman–Crippen MR) is 110 cm³/mol. The van der Waals surface area contributed by atoms with Crippen molar-refractivity contribution in [3.63, 3.8) is 0 Å². The van der Waals surface area contributed by atoms with E-state index in [0.29, 0.717) is 0 Å². The summed E-state index contributed by atoms with van der Waals surface area (Å²) in [7, 11) is 0. The summed E-state index contributed by atoms with van der Waals surface area (Å²) in [4.78, 5) is 17.9. The number of piperidine rings is 1. The predicted octanol–water partition coefficient (Wildman–Crippen LogP) is 4.58. The number of likely N-dealkylation sites (tertiary alicyclic amines) is 1. The first kappa shape index (κ1) is 24.2. The molecule has 0 radical (unpaired) electrons. The van der Waals surface area contributed by atoms with Crippen molar-refractivity contribution in [2.75, 3.05) is 25.0 Å². The van der Waals surface area contributed by atoms with Crippen LogP contribution in [0.2, 0.25) is 5.02 Å². The summed E-state index contributed by atoms with van der Waals surface area (Å²) in [5, 5.41) is 21.2. The van der Waals surface area contributed by atoms with Crippen LogP contribution >= 0.6 is 11.6 Å². The van der Waals surface area contributed by atoms with Gasteiger partial charge in [-0.05, 0) is 36.8 Å². The quantitative estimate of drug-likeness (QED) is 0.565. The third kappa shape index (κ3) is 5.13. The molecule has 1 aliphatic rings. The SMILES string of the molecule is Cc1cc(NC(=O)N2CCC(F)(c3ncc([C@H](O)CO)cc3Cl)CC2)ccc1C(F)(F)F. The molecule has 6 nitrogen and oxygen atoms in total. The minimum Gasteiger partial charge on any atom is -0.393 e. The second-order valence-corrected chi connectivity index (χ2v) is 8.11. The number of benzene rings is 1. The maximum atomic E-state index is 15.5. The second kappa shape index (κ2) is 9.21. The Morgan fingerprint density at radius 2 is 1.97 bits per heavy atom. The topological polar surface area (TPSA) is 85.7 Å². The average Bonchev–Trinajstić information content (AvgIpc) is 2.72. The van der Waals surface area contributed by atoms with E-state index in [1.807, 2.05) is 0 Å². The van der Waals surface area contributed by atoms with Gasteiger partial charge in [0.05, 0.1) is 22.9 Å². The smallest absolute Gasteiger partial charge is 0.393 e. The van der Waals surface area contributed by atoms with Gasteiger partial charge in [-0.2, -0.15) is 13.2 Å². The zero-order chi connectivity index (χ0) is 23.7. The molecule has 0 aliphatic carbocycles. The van der Waals surface area contributed by atoms with Crippen molar-refractivity contribution in [3.8, 4) is 0 Å². The highest BCUT2D eigenvalue weighted by Gasteiger charge is 2.40. The molecule has 1 saturated heterocycles. The van der Waals surface area contributed by atoms with Crippen LogP contribution in [-0.4, -0.2) is 45.8 Å². The Morgan fingerprint density at radius 1 is 1.31 bits per heavy atom. The number of urea groups is 1. The van der Waals surface area contributed by atoms with Gasteiger partial charge in [0.15, 0.2) is 5.67 Å². The average molecular weight is 476 g/mol. The van der Waals surface area contributed by atoms with Crippen molar-refractivity contribution in [1.82, 2.24) is 9.88 Å². The molecule has 2 aromatic rings. The van der Waals surface area contributed by atoms with Gasteiger partial charge in [-0.1, -0.05) is 11.6 Å². The molecule has 32 heavy (non-hydrogen) atoms. The molecule has 3 rings (SSSR count). The number of alkyl halides is 4. The van der Waals surface area contributed by atoms with Crippen LogP contribution in [0.4, 0.5) is 28.0 Å². The number of nitrogens with one attached hydrogen (secondary N) is 1. The summed E-state index contributed by atoms with van der Waals surface area (Å²) in [5.41, 5.74) is -2.23. The van der Waals surface area contributed by atoms with Crippen molar-refractivity contribution in [3.05, 3.63) is 57.9 Å². The second-order valence-electron chi connectivity index (χ2n) is 7.71. The van der Waals surface area contributed by atoms with Gasteiger partial charge in [0.25, 0.3) is 0 Å². The molecule has 1 fully saturated rings. The van der Waals surface area contributed by atoms with Crippen LogP contribution in [0.25, 0.3) is 0 Å². The lowest BCUT2D eigenvalue weighted by atomic mass is 9.89. The molecule has 1 aromatic carbocycles. The van der Waals surface area contributed by atoms with E-state index in [2.05, 4.69) is 10.3 Å². The number of hydrogen-bond donors (Lipinski definition) is 3. The molecular formula is C21H22ClF4N3O3. The number of anilines is 1. The van der Waals surface area contributed by atoms with Crippen molar-refractivity contribution in [2.45, 2.75) is 37.7 Å². The van der Waals surface area contributed by atoms with Gasteiger partial charge in [-0.3, -0.25) is 4.98 Å². The fourth-order valence-corrected chi connectivity index (χ4v) is 3.98. The largest absolute Gasteiger partial charge is 0.416 e. The first-order valence-electron chi connectivity index (χ1n) is 9.82. The summed E-state index contributed by atoms with van der Waals surface area (Å²) in [5.74, 6) is 0. The van der Waals surface area contributed by atoms with E-state index >= 15 is 4.39 Å². The Morgan fingerprint density at radius 3 is 2.50 bits per heavy atom. The van der Waals surface area contributed by atoms with E-state index < -0.39 is 36.2 Å². The Balaban J connectivity index is 1.65. The number of nitrogens with zero attached hydrogens (tertiary/aromatic N) is 2. The number of rotatable bonds is 4. The van der Waals surface area contributed by atoms with Gasteiger partial charge < -0.3 is 20.4 Å². The Hall–Kier alpha value is -2.43. The van der Waals surface area contributed by atoms with Gasteiger partial charge in [0, 0.05) is 43.4 Å². The molecule has 11 heteroatoms. The van der Waals surface area contributed by atoms with Crippen LogP contribution in [0.15, 0.2) is 30.5 Å². The van der Waals surface area contributed by atoms with E-state index in [9.17, 15) is 23.1 Å². The number of hydrogen-bond acceptors (Lipinski definition) is 4. The Labute approximate surface area is 186 Å². The fourth-order valence-electron chi connectivity index (χ4n) is 3.63. The molecule has 0 bridgehead atoms. The number of aromatic nitrogens is 1. The van der Waals surface area contributed by atoms with E-state index in [1.165, 1.54) is 36.2 Å². The maximum Gasteiger partial charge on any atom is 0.416 e. The lowest BCUT2D eigenvalue weighted by Crippen LogP contribution is -2.45. The minimum atomic E-state index is -4.48. The molecular weight excluding hydrogens is 454 g/mol. The van der Waals surface area contributed by atoms with Crippen LogP contribution in [0.5, 0.6) is 0 Å². The van der Waals surface area contributed by atoms with E-state index in [-0.39, 0.29) is 53.5 Å². The number of amides is 2. The summed E-state index contributed by atoms with van der Waals surface area (Å²) in [6.45, 7) is 0.862. The first-order chi connectivity index (χ1) is 14.9. The molecule has 0 spiro atoms. The van der Waals surface area contributed by atoms with Crippen LogP contribution in [0.1, 0.15) is 41.3 Å². The van der Waals surface area contributed by atoms with Crippen LogP contribution in [-0.2, 0) is 11.8 Å². The van der Waals surface area contributed by atoms with Gasteiger partial charge in [-0.15, -0.1) is 0 Å². The number of carbonyl (C=O) groups is 1.